The van der Waals surface area contributed by atoms with E-state index in [1.165, 1.54) is 6.07 Å². The van der Waals surface area contributed by atoms with Crippen LogP contribution in [-0.2, 0) is 6.61 Å². The molecule has 0 saturated heterocycles. The van der Waals surface area contributed by atoms with E-state index >= 15 is 0 Å². The van der Waals surface area contributed by atoms with Gasteiger partial charge in [-0.2, -0.15) is 0 Å². The zero-order valence-corrected chi connectivity index (χ0v) is 10.1. The minimum atomic E-state index is -0.403. The molecule has 0 spiro atoms. The first kappa shape index (κ1) is 11.1. The van der Waals surface area contributed by atoms with Crippen LogP contribution in [0.1, 0.15) is 11.5 Å². The summed E-state index contributed by atoms with van der Waals surface area (Å²) in [6.45, 7) is 1.97. The second kappa shape index (κ2) is 4.65. The molecule has 0 aliphatic carbocycles. The molecule has 2 aromatic rings. The summed E-state index contributed by atoms with van der Waals surface area (Å²) in [5.41, 5.74) is 0.772. The van der Waals surface area contributed by atoms with E-state index in [0.29, 0.717) is 5.76 Å². The molecule has 0 fully saturated rings. The summed E-state index contributed by atoms with van der Waals surface area (Å²) >= 11 is 3.24. The Morgan fingerprint density at radius 1 is 1.44 bits per heavy atom. The quantitative estimate of drug-likeness (QED) is 0.866. The maximum absolute atomic E-state index is 13.3. The van der Waals surface area contributed by atoms with Crippen LogP contribution < -0.4 is 4.74 Å². The van der Waals surface area contributed by atoms with Gasteiger partial charge in [0.05, 0.1) is 5.69 Å². The molecular weight excluding hydrogens is 277 g/mol. The number of hydrogen-bond acceptors (Lipinski definition) is 3. The lowest BCUT2D eigenvalue weighted by atomic mass is 10.3. The molecule has 3 nitrogen and oxygen atoms in total. The fourth-order valence-corrected chi connectivity index (χ4v) is 1.56. The summed E-state index contributed by atoms with van der Waals surface area (Å²) in [5.74, 6) is 0.347. The van der Waals surface area contributed by atoms with Crippen molar-refractivity contribution in [2.75, 3.05) is 0 Å². The normalized spacial score (nSPS) is 10.4. The monoisotopic (exact) mass is 285 g/mol. The average Bonchev–Trinajstić information content (AvgIpc) is 2.66. The van der Waals surface area contributed by atoms with Crippen LogP contribution in [0.15, 0.2) is 33.3 Å². The Morgan fingerprint density at radius 3 is 2.94 bits per heavy atom. The van der Waals surface area contributed by atoms with Crippen molar-refractivity contribution in [3.05, 3.63) is 46.0 Å². The van der Waals surface area contributed by atoms with E-state index < -0.39 is 5.82 Å². The van der Waals surface area contributed by atoms with E-state index in [0.717, 1.165) is 10.2 Å². The van der Waals surface area contributed by atoms with Crippen LogP contribution in [0.5, 0.6) is 5.75 Å². The van der Waals surface area contributed by atoms with E-state index in [-0.39, 0.29) is 12.4 Å². The molecule has 1 aromatic heterocycles. The number of ether oxygens (including phenoxy) is 1. The maximum Gasteiger partial charge on any atom is 0.174 e. The first-order valence-electron chi connectivity index (χ1n) is 4.65. The number of aromatic nitrogens is 1. The molecule has 84 valence electrons. The van der Waals surface area contributed by atoms with E-state index in [2.05, 4.69) is 21.1 Å². The van der Waals surface area contributed by atoms with Crippen molar-refractivity contribution < 1.29 is 13.7 Å². The van der Waals surface area contributed by atoms with Crippen LogP contribution in [0.3, 0.4) is 0 Å². The van der Waals surface area contributed by atoms with Crippen molar-refractivity contribution in [2.24, 2.45) is 0 Å². The SMILES string of the molecule is Cc1cc(COc2cc(Br)ccc2F)on1. The van der Waals surface area contributed by atoms with E-state index in [9.17, 15) is 4.39 Å². The Bertz CT molecular complexity index is 498. The first-order valence-corrected chi connectivity index (χ1v) is 5.44. The summed E-state index contributed by atoms with van der Waals surface area (Å²) in [6.07, 6.45) is 0. The van der Waals surface area contributed by atoms with Gasteiger partial charge in [0.1, 0.15) is 6.61 Å². The summed E-state index contributed by atoms with van der Waals surface area (Å²) in [6, 6.07) is 6.26. The van der Waals surface area contributed by atoms with Gasteiger partial charge in [0, 0.05) is 10.5 Å². The van der Waals surface area contributed by atoms with Crippen LogP contribution in [0.4, 0.5) is 4.39 Å². The van der Waals surface area contributed by atoms with Crippen LogP contribution in [0, 0.1) is 12.7 Å². The molecule has 16 heavy (non-hydrogen) atoms. The van der Waals surface area contributed by atoms with Crippen LogP contribution in [0.2, 0.25) is 0 Å². The third-order valence-electron chi connectivity index (χ3n) is 1.94. The maximum atomic E-state index is 13.3. The molecule has 1 aromatic carbocycles. The minimum Gasteiger partial charge on any atom is -0.482 e. The van der Waals surface area contributed by atoms with Gasteiger partial charge >= 0.3 is 0 Å². The largest absolute Gasteiger partial charge is 0.482 e. The highest BCUT2D eigenvalue weighted by atomic mass is 79.9. The molecule has 0 amide bonds. The molecule has 2 rings (SSSR count). The summed E-state index contributed by atoms with van der Waals surface area (Å²) < 4.78 is 24.3. The smallest absolute Gasteiger partial charge is 0.174 e. The lowest BCUT2D eigenvalue weighted by Gasteiger charge is -2.05. The lowest BCUT2D eigenvalue weighted by molar-refractivity contribution is 0.240. The van der Waals surface area contributed by atoms with Gasteiger partial charge in [-0.15, -0.1) is 0 Å². The molecular formula is C11H9BrFNO2. The number of hydrogen-bond donors (Lipinski definition) is 0. The Labute approximate surface area is 100 Å². The fraction of sp³-hybridized carbons (Fsp3) is 0.182. The second-order valence-electron chi connectivity index (χ2n) is 3.30. The van der Waals surface area contributed by atoms with Gasteiger partial charge in [0.2, 0.25) is 0 Å². The Kier molecular flexibility index (Phi) is 3.24. The number of aryl methyl sites for hydroxylation is 1. The van der Waals surface area contributed by atoms with E-state index in [1.54, 1.807) is 18.2 Å². The summed E-state index contributed by atoms with van der Waals surface area (Å²) in [7, 11) is 0. The van der Waals surface area contributed by atoms with Crippen molar-refractivity contribution in [3.8, 4) is 5.75 Å². The molecule has 0 N–H and O–H groups in total. The van der Waals surface area contributed by atoms with Gasteiger partial charge in [-0.25, -0.2) is 4.39 Å². The molecule has 0 aliphatic rings. The van der Waals surface area contributed by atoms with Crippen molar-refractivity contribution in [2.45, 2.75) is 13.5 Å². The second-order valence-corrected chi connectivity index (χ2v) is 4.21. The van der Waals surface area contributed by atoms with Gasteiger partial charge in [-0.3, -0.25) is 0 Å². The Balaban J connectivity index is 2.07. The van der Waals surface area contributed by atoms with Crippen LogP contribution in [-0.4, -0.2) is 5.16 Å². The molecule has 0 aliphatic heterocycles. The van der Waals surface area contributed by atoms with E-state index in [4.69, 9.17) is 9.26 Å². The third kappa shape index (κ3) is 2.61. The average molecular weight is 286 g/mol. The molecule has 1 heterocycles. The predicted octanol–water partition coefficient (Wildman–Crippen LogP) is 3.46. The van der Waals surface area contributed by atoms with Crippen molar-refractivity contribution in [1.82, 2.24) is 5.16 Å². The highest BCUT2D eigenvalue weighted by molar-refractivity contribution is 9.10. The van der Waals surface area contributed by atoms with Crippen molar-refractivity contribution in [3.63, 3.8) is 0 Å². The molecule has 0 unspecified atom stereocenters. The van der Waals surface area contributed by atoms with Gasteiger partial charge in [0.25, 0.3) is 0 Å². The lowest BCUT2D eigenvalue weighted by Crippen LogP contribution is -1.96. The van der Waals surface area contributed by atoms with Crippen molar-refractivity contribution in [1.29, 1.82) is 0 Å². The van der Waals surface area contributed by atoms with Crippen molar-refractivity contribution >= 4 is 15.9 Å². The van der Waals surface area contributed by atoms with Gasteiger partial charge < -0.3 is 9.26 Å². The molecule has 5 heteroatoms. The number of nitrogens with zero attached hydrogens (tertiary/aromatic N) is 1. The highest BCUT2D eigenvalue weighted by Gasteiger charge is 2.06. The third-order valence-corrected chi connectivity index (χ3v) is 2.43. The zero-order chi connectivity index (χ0) is 11.5. The fourth-order valence-electron chi connectivity index (χ4n) is 1.22. The van der Waals surface area contributed by atoms with Crippen LogP contribution >= 0.6 is 15.9 Å². The van der Waals surface area contributed by atoms with Gasteiger partial charge in [0.15, 0.2) is 17.3 Å². The van der Waals surface area contributed by atoms with Gasteiger partial charge in [-0.1, -0.05) is 21.1 Å². The Hall–Kier alpha value is -1.36. The molecule has 0 bridgehead atoms. The summed E-state index contributed by atoms with van der Waals surface area (Å²) in [5, 5.41) is 3.71. The minimum absolute atomic E-state index is 0.161. The molecule has 0 atom stereocenters. The summed E-state index contributed by atoms with van der Waals surface area (Å²) in [4.78, 5) is 0. The van der Waals surface area contributed by atoms with E-state index in [1.807, 2.05) is 6.92 Å². The van der Waals surface area contributed by atoms with Gasteiger partial charge in [-0.05, 0) is 25.1 Å². The molecule has 0 radical (unpaired) electrons. The number of halogens is 2. The standard InChI is InChI=1S/C11H9BrFNO2/c1-7-4-9(16-14-7)6-15-11-5-8(12)2-3-10(11)13/h2-5H,6H2,1H3. The zero-order valence-electron chi connectivity index (χ0n) is 8.54. The highest BCUT2D eigenvalue weighted by Crippen LogP contribution is 2.23. The van der Waals surface area contributed by atoms with Crippen LogP contribution in [0.25, 0.3) is 0 Å². The number of rotatable bonds is 3. The molecule has 0 saturated carbocycles. The topological polar surface area (TPSA) is 35.3 Å². The first-order chi connectivity index (χ1) is 7.65. The Morgan fingerprint density at radius 2 is 2.25 bits per heavy atom. The predicted molar refractivity (Wildman–Crippen MR) is 59.7 cm³/mol. The number of benzene rings is 1.